The van der Waals surface area contributed by atoms with Gasteiger partial charge in [-0.15, -0.1) is 0 Å². The second-order valence-corrected chi connectivity index (χ2v) is 7.38. The number of carbonyl (C=O) groups is 1. The summed E-state index contributed by atoms with van der Waals surface area (Å²) < 4.78 is 2.44. The number of aryl methyl sites for hydroxylation is 1. The number of amides is 1. The van der Waals surface area contributed by atoms with Crippen molar-refractivity contribution in [3.63, 3.8) is 0 Å². The van der Waals surface area contributed by atoms with Gasteiger partial charge in [0.1, 0.15) is 0 Å². The van der Waals surface area contributed by atoms with E-state index in [1.165, 1.54) is 54.1 Å². The van der Waals surface area contributed by atoms with Gasteiger partial charge < -0.3 is 9.88 Å². The predicted octanol–water partition coefficient (Wildman–Crippen LogP) is 4.13. The van der Waals surface area contributed by atoms with Crippen LogP contribution >= 0.6 is 0 Å². The molecule has 1 saturated carbocycles. The van der Waals surface area contributed by atoms with Gasteiger partial charge in [-0.1, -0.05) is 31.4 Å². The molecule has 1 aliphatic heterocycles. The molecule has 1 N–H and O–H groups in total. The predicted molar refractivity (Wildman–Crippen MR) is 93.6 cm³/mol. The van der Waals surface area contributed by atoms with Crippen LogP contribution in [-0.2, 0) is 11.3 Å². The Bertz CT molecular complexity index is 725. The van der Waals surface area contributed by atoms with Crippen LogP contribution in [0.4, 0.5) is 0 Å². The zero-order valence-electron chi connectivity index (χ0n) is 14.0. The quantitative estimate of drug-likeness (QED) is 0.908. The molecule has 2 aliphatic rings. The Morgan fingerprint density at radius 2 is 2.00 bits per heavy atom. The summed E-state index contributed by atoms with van der Waals surface area (Å²) >= 11 is 0. The van der Waals surface area contributed by atoms with Gasteiger partial charge in [0.25, 0.3) is 0 Å². The monoisotopic (exact) mass is 310 g/mol. The number of nitrogens with zero attached hydrogens (tertiary/aromatic N) is 1. The SMILES string of the molecule is Cc1cn(CC2CCCCC2)c2cc(C3CCNC3=O)ccc12. The van der Waals surface area contributed by atoms with Crippen LogP contribution in [-0.4, -0.2) is 17.0 Å². The summed E-state index contributed by atoms with van der Waals surface area (Å²) in [6.45, 7) is 4.13. The maximum Gasteiger partial charge on any atom is 0.227 e. The van der Waals surface area contributed by atoms with Gasteiger partial charge >= 0.3 is 0 Å². The highest BCUT2D eigenvalue weighted by atomic mass is 16.2. The highest BCUT2D eigenvalue weighted by Gasteiger charge is 2.26. The van der Waals surface area contributed by atoms with Crippen molar-refractivity contribution < 1.29 is 4.79 Å². The lowest BCUT2D eigenvalue weighted by Crippen LogP contribution is -2.18. The Balaban J connectivity index is 1.68. The Morgan fingerprint density at radius 1 is 1.17 bits per heavy atom. The van der Waals surface area contributed by atoms with Gasteiger partial charge in [-0.3, -0.25) is 4.79 Å². The molecule has 23 heavy (non-hydrogen) atoms. The van der Waals surface area contributed by atoms with Crippen molar-refractivity contribution in [2.24, 2.45) is 5.92 Å². The van der Waals surface area contributed by atoms with E-state index in [0.717, 1.165) is 25.4 Å². The van der Waals surface area contributed by atoms with Gasteiger partial charge in [-0.05, 0) is 49.3 Å². The summed E-state index contributed by atoms with van der Waals surface area (Å²) in [5.41, 5.74) is 3.83. The average molecular weight is 310 g/mol. The van der Waals surface area contributed by atoms with E-state index in [4.69, 9.17) is 0 Å². The van der Waals surface area contributed by atoms with Crippen molar-refractivity contribution in [2.75, 3.05) is 6.54 Å². The average Bonchev–Trinajstić information content (AvgIpc) is 3.12. The Kier molecular flexibility index (Phi) is 3.88. The zero-order valence-corrected chi connectivity index (χ0v) is 14.0. The van der Waals surface area contributed by atoms with Gasteiger partial charge in [0, 0.05) is 30.2 Å². The molecule has 0 spiro atoms. The zero-order chi connectivity index (χ0) is 15.8. The molecule has 2 heterocycles. The Hall–Kier alpha value is -1.77. The summed E-state index contributed by atoms with van der Waals surface area (Å²) in [6.07, 6.45) is 10.1. The fourth-order valence-corrected chi connectivity index (χ4v) is 4.42. The molecule has 3 heteroatoms. The van der Waals surface area contributed by atoms with Crippen molar-refractivity contribution >= 4 is 16.8 Å². The third-order valence-corrected chi connectivity index (χ3v) is 5.74. The summed E-state index contributed by atoms with van der Waals surface area (Å²) in [5.74, 6) is 1.04. The topological polar surface area (TPSA) is 34.0 Å². The third-order valence-electron chi connectivity index (χ3n) is 5.74. The van der Waals surface area contributed by atoms with Crippen LogP contribution in [0, 0.1) is 12.8 Å². The van der Waals surface area contributed by atoms with Crippen molar-refractivity contribution in [2.45, 2.75) is 57.9 Å². The highest BCUT2D eigenvalue weighted by molar-refractivity contribution is 5.89. The second-order valence-electron chi connectivity index (χ2n) is 7.38. The maximum absolute atomic E-state index is 12.0. The van der Waals surface area contributed by atoms with Crippen molar-refractivity contribution in [3.8, 4) is 0 Å². The molecule has 1 atom stereocenters. The van der Waals surface area contributed by atoms with Crippen LogP contribution in [0.5, 0.6) is 0 Å². The highest BCUT2D eigenvalue weighted by Crippen LogP contribution is 2.31. The molecule has 1 unspecified atom stereocenters. The first kappa shape index (κ1) is 14.8. The number of carbonyl (C=O) groups excluding carboxylic acids is 1. The van der Waals surface area contributed by atoms with Crippen molar-refractivity contribution in [3.05, 3.63) is 35.5 Å². The lowest BCUT2D eigenvalue weighted by Gasteiger charge is -2.22. The minimum absolute atomic E-state index is 0.0396. The molecule has 2 aromatic rings. The summed E-state index contributed by atoms with van der Waals surface area (Å²) in [4.78, 5) is 12.0. The Morgan fingerprint density at radius 3 is 2.74 bits per heavy atom. The van der Waals surface area contributed by atoms with Gasteiger partial charge in [0.15, 0.2) is 0 Å². The molecule has 2 fully saturated rings. The Labute approximate surface area is 138 Å². The molecule has 1 aromatic heterocycles. The third kappa shape index (κ3) is 2.77. The molecular weight excluding hydrogens is 284 g/mol. The first-order chi connectivity index (χ1) is 11.2. The normalized spacial score (nSPS) is 22.7. The van der Waals surface area contributed by atoms with E-state index in [1.54, 1.807) is 0 Å². The number of hydrogen-bond donors (Lipinski definition) is 1. The van der Waals surface area contributed by atoms with E-state index in [0.29, 0.717) is 0 Å². The van der Waals surface area contributed by atoms with E-state index in [2.05, 4.69) is 41.2 Å². The van der Waals surface area contributed by atoms with Crippen LogP contribution in [0.2, 0.25) is 0 Å². The largest absolute Gasteiger partial charge is 0.356 e. The first-order valence-electron chi connectivity index (χ1n) is 9.09. The molecular formula is C20H26N2O. The number of nitrogens with one attached hydrogen (secondary N) is 1. The van der Waals surface area contributed by atoms with Gasteiger partial charge in [-0.25, -0.2) is 0 Å². The van der Waals surface area contributed by atoms with Crippen LogP contribution in [0.1, 0.15) is 55.6 Å². The fraction of sp³-hybridized carbons (Fsp3) is 0.550. The van der Waals surface area contributed by atoms with Crippen LogP contribution < -0.4 is 5.32 Å². The van der Waals surface area contributed by atoms with E-state index < -0.39 is 0 Å². The molecule has 0 bridgehead atoms. The number of fused-ring (bicyclic) bond motifs is 1. The minimum Gasteiger partial charge on any atom is -0.356 e. The van der Waals surface area contributed by atoms with Gasteiger partial charge in [0.2, 0.25) is 5.91 Å². The number of rotatable bonds is 3. The van der Waals surface area contributed by atoms with Crippen LogP contribution in [0.25, 0.3) is 10.9 Å². The molecule has 4 rings (SSSR count). The van der Waals surface area contributed by atoms with Crippen LogP contribution in [0.3, 0.4) is 0 Å². The summed E-state index contributed by atoms with van der Waals surface area (Å²) in [5, 5.41) is 4.29. The lowest BCUT2D eigenvalue weighted by molar-refractivity contribution is -0.120. The minimum atomic E-state index is 0.0396. The number of benzene rings is 1. The summed E-state index contributed by atoms with van der Waals surface area (Å²) in [6, 6.07) is 6.62. The van der Waals surface area contributed by atoms with Crippen LogP contribution in [0.15, 0.2) is 24.4 Å². The molecule has 3 nitrogen and oxygen atoms in total. The fourth-order valence-electron chi connectivity index (χ4n) is 4.42. The van der Waals surface area contributed by atoms with Gasteiger partial charge in [0.05, 0.1) is 5.92 Å². The van der Waals surface area contributed by atoms with E-state index in [1.807, 2.05) is 0 Å². The molecule has 1 aromatic carbocycles. The number of hydrogen-bond acceptors (Lipinski definition) is 1. The lowest BCUT2D eigenvalue weighted by atomic mass is 9.89. The summed E-state index contributed by atoms with van der Waals surface area (Å²) in [7, 11) is 0. The molecule has 1 saturated heterocycles. The number of aromatic nitrogens is 1. The van der Waals surface area contributed by atoms with E-state index >= 15 is 0 Å². The van der Waals surface area contributed by atoms with Gasteiger partial charge in [-0.2, -0.15) is 0 Å². The molecule has 0 radical (unpaired) electrons. The standard InChI is InChI=1S/C20H26N2O/c1-14-12-22(13-15-5-3-2-4-6-15)19-11-16(7-8-17(14)19)18-9-10-21-20(18)23/h7-8,11-12,15,18H,2-6,9-10,13H2,1H3,(H,21,23). The maximum atomic E-state index is 12.0. The van der Waals surface area contributed by atoms with E-state index in [9.17, 15) is 4.79 Å². The molecule has 122 valence electrons. The second kappa shape index (κ2) is 6.03. The van der Waals surface area contributed by atoms with Crippen molar-refractivity contribution in [1.29, 1.82) is 0 Å². The van der Waals surface area contributed by atoms with E-state index in [-0.39, 0.29) is 11.8 Å². The van der Waals surface area contributed by atoms with Crippen molar-refractivity contribution in [1.82, 2.24) is 9.88 Å². The molecule has 1 aliphatic carbocycles. The molecule has 1 amide bonds. The smallest absolute Gasteiger partial charge is 0.227 e. The first-order valence-corrected chi connectivity index (χ1v) is 9.09.